The monoisotopic (exact) mass is 266 g/mol. The fraction of sp³-hybridized carbons (Fsp3) is 0.600. The van der Waals surface area contributed by atoms with Crippen molar-refractivity contribution in [2.75, 3.05) is 13.1 Å². The van der Waals surface area contributed by atoms with Gasteiger partial charge in [-0.2, -0.15) is 0 Å². The second kappa shape index (κ2) is 5.59. The third-order valence-electron chi connectivity index (χ3n) is 3.63. The molecule has 1 unspecified atom stereocenters. The molecule has 1 aliphatic heterocycles. The summed E-state index contributed by atoms with van der Waals surface area (Å²) in [7, 11) is 2.91. The van der Waals surface area contributed by atoms with Gasteiger partial charge in [-0.15, -0.1) is 9.24 Å². The van der Waals surface area contributed by atoms with Crippen LogP contribution in [0.3, 0.4) is 0 Å². The van der Waals surface area contributed by atoms with Crippen LogP contribution in [-0.4, -0.2) is 28.6 Å². The Morgan fingerprint density at radius 2 is 1.89 bits per heavy atom. The first-order valence-corrected chi connectivity index (χ1v) is 7.27. The molecule has 0 aromatic carbocycles. The van der Waals surface area contributed by atoms with E-state index in [1.165, 1.54) is 10.9 Å². The fourth-order valence-electron chi connectivity index (χ4n) is 2.63. The van der Waals surface area contributed by atoms with E-state index in [1.807, 2.05) is 0 Å². The highest BCUT2D eigenvalue weighted by Crippen LogP contribution is 2.43. The minimum Gasteiger partial charge on any atom is -0.305 e. The lowest BCUT2D eigenvalue weighted by Gasteiger charge is -2.52. The summed E-state index contributed by atoms with van der Waals surface area (Å²) >= 11 is 0. The molecule has 18 heavy (non-hydrogen) atoms. The van der Waals surface area contributed by atoms with E-state index in [-0.39, 0.29) is 5.54 Å². The predicted octanol–water partition coefficient (Wildman–Crippen LogP) is 3.95. The number of hydrogen-bond donors (Lipinski definition) is 0. The van der Waals surface area contributed by atoms with Crippen molar-refractivity contribution in [2.45, 2.75) is 46.6 Å². The van der Waals surface area contributed by atoms with E-state index >= 15 is 0 Å². The van der Waals surface area contributed by atoms with Crippen molar-refractivity contribution in [3.63, 3.8) is 0 Å². The van der Waals surface area contributed by atoms with E-state index in [9.17, 15) is 0 Å². The third kappa shape index (κ3) is 2.41. The quantitative estimate of drug-likeness (QED) is 0.711. The summed E-state index contributed by atoms with van der Waals surface area (Å²) in [6, 6.07) is 0. The molecule has 0 radical (unpaired) electrons. The maximum atomic E-state index is 4.27. The molecule has 1 aliphatic rings. The van der Waals surface area contributed by atoms with Crippen LogP contribution in [0, 0.1) is 0 Å². The largest absolute Gasteiger partial charge is 0.305 e. The summed E-state index contributed by atoms with van der Waals surface area (Å²) in [6.45, 7) is 21.3. The van der Waals surface area contributed by atoms with Gasteiger partial charge in [-0.05, 0) is 45.0 Å². The number of allylic oxidation sites excluding steroid dienone is 1. The second-order valence-corrected chi connectivity index (χ2v) is 5.99. The van der Waals surface area contributed by atoms with Crippen LogP contribution < -0.4 is 0 Å². The number of likely N-dealkylation sites (N-methyl/N-ethyl adjacent to an activating group) is 1. The Hall–Kier alpha value is -0.590. The molecule has 102 valence electrons. The van der Waals surface area contributed by atoms with Crippen LogP contribution in [0.4, 0.5) is 0 Å². The highest BCUT2D eigenvalue weighted by Gasteiger charge is 2.39. The normalized spacial score (nSPS) is 20.6. The minimum atomic E-state index is -0.00778. The predicted molar refractivity (Wildman–Crippen MR) is 84.1 cm³/mol. The molecule has 1 rings (SSSR count). The van der Waals surface area contributed by atoms with Crippen LogP contribution in [0.5, 0.6) is 0 Å². The molecular weight excluding hydrogens is 239 g/mol. The fourth-order valence-corrected chi connectivity index (χ4v) is 3.19. The molecule has 0 amide bonds. The van der Waals surface area contributed by atoms with Crippen LogP contribution in [0.1, 0.15) is 41.0 Å². The third-order valence-corrected chi connectivity index (χ3v) is 4.62. The average Bonchev–Trinajstić information content (AvgIpc) is 2.27. The Kier molecular flexibility index (Phi) is 4.80. The van der Waals surface area contributed by atoms with E-state index in [4.69, 9.17) is 0 Å². The molecule has 2 nitrogen and oxygen atoms in total. The summed E-state index contributed by atoms with van der Waals surface area (Å²) in [4.78, 5) is 0. The molecule has 3 heteroatoms. The Labute approximate surface area is 115 Å². The number of rotatable bonds is 4. The van der Waals surface area contributed by atoms with Crippen LogP contribution >= 0.6 is 9.24 Å². The molecule has 0 spiro atoms. The lowest BCUT2D eigenvalue weighted by Crippen LogP contribution is -2.57. The van der Waals surface area contributed by atoms with E-state index in [1.54, 1.807) is 0 Å². The van der Waals surface area contributed by atoms with Gasteiger partial charge in [0.2, 0.25) is 0 Å². The van der Waals surface area contributed by atoms with Crippen LogP contribution in [0.25, 0.3) is 0 Å². The van der Waals surface area contributed by atoms with Gasteiger partial charge in [0, 0.05) is 18.7 Å². The van der Waals surface area contributed by atoms with Gasteiger partial charge in [-0.3, -0.25) is 0 Å². The van der Waals surface area contributed by atoms with E-state index in [0.717, 1.165) is 30.8 Å². The van der Waals surface area contributed by atoms with Crippen LogP contribution in [0.15, 0.2) is 35.3 Å². The zero-order valence-corrected chi connectivity index (χ0v) is 13.7. The topological polar surface area (TPSA) is 6.48 Å². The lowest BCUT2D eigenvalue weighted by molar-refractivity contribution is -0.0563. The molecule has 0 N–H and O–H groups in total. The van der Waals surface area contributed by atoms with Gasteiger partial charge in [-0.25, -0.2) is 5.01 Å². The van der Waals surface area contributed by atoms with Crippen molar-refractivity contribution in [3.05, 3.63) is 35.3 Å². The van der Waals surface area contributed by atoms with Gasteiger partial charge in [0.05, 0.1) is 11.2 Å². The summed E-state index contributed by atoms with van der Waals surface area (Å²) < 4.78 is 0. The molecular formula is C15H27N2P. The van der Waals surface area contributed by atoms with Gasteiger partial charge in [0.1, 0.15) is 0 Å². The van der Waals surface area contributed by atoms with E-state index < -0.39 is 0 Å². The Balaban J connectivity index is 3.37. The number of hydrogen-bond acceptors (Lipinski definition) is 2. The lowest BCUT2D eigenvalue weighted by atomic mass is 9.91. The number of nitrogens with zero attached hydrogens (tertiary/aromatic N) is 2. The molecule has 0 bridgehead atoms. The molecule has 0 aliphatic carbocycles. The maximum Gasteiger partial charge on any atom is 0.0601 e. The Morgan fingerprint density at radius 3 is 2.28 bits per heavy atom. The standard InChI is InChI=1S/C15H27N2P/c1-8-10-17-15(6,7)14(18)13(11(3)4)12(5)16(17)9-2/h3,5,8-10,18H2,1-2,4,6-7H3. The van der Waals surface area contributed by atoms with Crippen LogP contribution in [0.2, 0.25) is 0 Å². The van der Waals surface area contributed by atoms with Crippen molar-refractivity contribution in [1.29, 1.82) is 0 Å². The van der Waals surface area contributed by atoms with Crippen molar-refractivity contribution in [3.8, 4) is 0 Å². The highest BCUT2D eigenvalue weighted by atomic mass is 31.0. The highest BCUT2D eigenvalue weighted by molar-refractivity contribution is 7.22. The smallest absolute Gasteiger partial charge is 0.0601 e. The van der Waals surface area contributed by atoms with Gasteiger partial charge in [-0.1, -0.05) is 20.1 Å². The molecule has 0 aromatic rings. The molecule has 0 fully saturated rings. The zero-order valence-electron chi connectivity index (χ0n) is 12.5. The first-order chi connectivity index (χ1) is 8.28. The second-order valence-electron chi connectivity index (χ2n) is 5.41. The first kappa shape index (κ1) is 15.5. The first-order valence-electron chi connectivity index (χ1n) is 6.69. The molecule has 0 saturated heterocycles. The maximum absolute atomic E-state index is 4.27. The van der Waals surface area contributed by atoms with Gasteiger partial charge < -0.3 is 5.01 Å². The average molecular weight is 266 g/mol. The summed E-state index contributed by atoms with van der Waals surface area (Å²) in [5, 5.41) is 6.00. The van der Waals surface area contributed by atoms with Gasteiger partial charge in [0.25, 0.3) is 0 Å². The van der Waals surface area contributed by atoms with Crippen molar-refractivity contribution in [1.82, 2.24) is 10.0 Å². The van der Waals surface area contributed by atoms with Gasteiger partial charge in [0.15, 0.2) is 0 Å². The minimum absolute atomic E-state index is 0.00778. The Bertz CT molecular complexity index is 393. The molecule has 1 heterocycles. The van der Waals surface area contributed by atoms with Gasteiger partial charge >= 0.3 is 0 Å². The molecule has 0 saturated carbocycles. The SMILES string of the molecule is C=C(C)C1=C(P)C(C)(C)N(CCC)N(CC)C1=C. The van der Waals surface area contributed by atoms with E-state index in [0.29, 0.717) is 0 Å². The van der Waals surface area contributed by atoms with Crippen molar-refractivity contribution < 1.29 is 0 Å². The Morgan fingerprint density at radius 1 is 1.33 bits per heavy atom. The number of hydrazine groups is 1. The zero-order chi connectivity index (χ0) is 14.1. The van der Waals surface area contributed by atoms with E-state index in [2.05, 4.69) is 67.0 Å². The van der Waals surface area contributed by atoms with Crippen LogP contribution in [-0.2, 0) is 0 Å². The molecule has 0 aromatic heterocycles. The molecule has 1 atom stereocenters. The summed E-state index contributed by atoms with van der Waals surface area (Å²) in [5.41, 5.74) is 3.36. The van der Waals surface area contributed by atoms with Crippen molar-refractivity contribution >= 4 is 9.24 Å². The summed E-state index contributed by atoms with van der Waals surface area (Å²) in [5.74, 6) is 0. The summed E-state index contributed by atoms with van der Waals surface area (Å²) in [6.07, 6.45) is 1.13. The van der Waals surface area contributed by atoms with Crippen molar-refractivity contribution in [2.24, 2.45) is 0 Å².